The molecule has 1 aliphatic heterocycles. The molecule has 1 aliphatic rings. The SMILES string of the molecule is NC1CCCN(Cc2ccccc2Cl)C1=O. The van der Waals surface area contributed by atoms with E-state index in [0.717, 1.165) is 24.9 Å². The second-order valence-electron chi connectivity index (χ2n) is 4.10. The largest absolute Gasteiger partial charge is 0.337 e. The standard InChI is InChI=1S/C12H15ClN2O/c13-10-5-2-1-4-9(10)8-15-7-3-6-11(14)12(15)16/h1-2,4-5,11H,3,6-8,14H2. The van der Waals surface area contributed by atoms with Gasteiger partial charge in [-0.15, -0.1) is 0 Å². The lowest BCUT2D eigenvalue weighted by molar-refractivity contribution is -0.135. The summed E-state index contributed by atoms with van der Waals surface area (Å²) in [7, 11) is 0. The number of carbonyl (C=O) groups is 1. The quantitative estimate of drug-likeness (QED) is 0.854. The molecule has 3 nitrogen and oxygen atoms in total. The normalized spacial score (nSPS) is 21.2. The molecule has 0 saturated carbocycles. The van der Waals surface area contributed by atoms with E-state index in [1.807, 2.05) is 24.3 Å². The van der Waals surface area contributed by atoms with E-state index in [0.29, 0.717) is 11.6 Å². The number of piperidine rings is 1. The second-order valence-corrected chi connectivity index (χ2v) is 4.51. The molecule has 16 heavy (non-hydrogen) atoms. The first-order chi connectivity index (χ1) is 7.68. The summed E-state index contributed by atoms with van der Waals surface area (Å²) in [5.74, 6) is 0.0335. The Bertz CT molecular complexity index is 394. The Hall–Kier alpha value is -1.06. The molecule has 2 N–H and O–H groups in total. The molecule has 0 radical (unpaired) electrons. The van der Waals surface area contributed by atoms with Crippen LogP contribution in [0.2, 0.25) is 5.02 Å². The predicted octanol–water partition coefficient (Wildman–Crippen LogP) is 1.79. The minimum Gasteiger partial charge on any atom is -0.337 e. The maximum absolute atomic E-state index is 11.8. The number of nitrogens with two attached hydrogens (primary N) is 1. The minimum absolute atomic E-state index is 0.0335. The van der Waals surface area contributed by atoms with Crippen LogP contribution in [0, 0.1) is 0 Å². The van der Waals surface area contributed by atoms with Crippen LogP contribution in [0.1, 0.15) is 18.4 Å². The van der Waals surface area contributed by atoms with Crippen LogP contribution >= 0.6 is 11.6 Å². The first kappa shape index (κ1) is 11.4. The van der Waals surface area contributed by atoms with Crippen LogP contribution in [0.25, 0.3) is 0 Å². The molecule has 1 aromatic rings. The van der Waals surface area contributed by atoms with Gasteiger partial charge in [-0.2, -0.15) is 0 Å². The van der Waals surface area contributed by atoms with Gasteiger partial charge in [-0.1, -0.05) is 29.8 Å². The number of amides is 1. The number of halogens is 1. The monoisotopic (exact) mass is 238 g/mol. The lowest BCUT2D eigenvalue weighted by Gasteiger charge is -2.30. The number of rotatable bonds is 2. The van der Waals surface area contributed by atoms with Crippen molar-refractivity contribution in [2.45, 2.75) is 25.4 Å². The Morgan fingerprint density at radius 3 is 2.94 bits per heavy atom. The summed E-state index contributed by atoms with van der Waals surface area (Å²) < 4.78 is 0. The summed E-state index contributed by atoms with van der Waals surface area (Å²) in [6, 6.07) is 7.25. The number of nitrogens with zero attached hydrogens (tertiary/aromatic N) is 1. The predicted molar refractivity (Wildman–Crippen MR) is 64.1 cm³/mol. The van der Waals surface area contributed by atoms with Gasteiger partial charge in [0.1, 0.15) is 0 Å². The molecule has 1 amide bonds. The molecule has 1 unspecified atom stereocenters. The highest BCUT2D eigenvalue weighted by molar-refractivity contribution is 6.31. The topological polar surface area (TPSA) is 46.3 Å². The highest BCUT2D eigenvalue weighted by Crippen LogP contribution is 2.19. The lowest BCUT2D eigenvalue weighted by Crippen LogP contribution is -2.47. The van der Waals surface area contributed by atoms with Gasteiger partial charge in [0, 0.05) is 18.1 Å². The minimum atomic E-state index is -0.337. The Morgan fingerprint density at radius 1 is 1.44 bits per heavy atom. The molecule has 0 bridgehead atoms. The van der Waals surface area contributed by atoms with Gasteiger partial charge in [0.25, 0.3) is 0 Å². The summed E-state index contributed by atoms with van der Waals surface area (Å²) in [4.78, 5) is 13.6. The van der Waals surface area contributed by atoms with Crippen molar-refractivity contribution in [3.05, 3.63) is 34.9 Å². The van der Waals surface area contributed by atoms with Crippen LogP contribution < -0.4 is 5.73 Å². The molecule has 2 rings (SSSR count). The smallest absolute Gasteiger partial charge is 0.239 e. The number of benzene rings is 1. The van der Waals surface area contributed by atoms with Crippen LogP contribution in [0.15, 0.2) is 24.3 Å². The molecular formula is C12H15ClN2O. The molecule has 0 spiro atoms. The summed E-state index contributed by atoms with van der Waals surface area (Å²) >= 11 is 6.06. The number of likely N-dealkylation sites (tertiary alicyclic amines) is 1. The van der Waals surface area contributed by atoms with Gasteiger partial charge in [0.05, 0.1) is 6.04 Å². The molecule has 0 aromatic heterocycles. The summed E-state index contributed by atoms with van der Waals surface area (Å²) in [6.45, 7) is 1.34. The van der Waals surface area contributed by atoms with Crippen molar-refractivity contribution >= 4 is 17.5 Å². The Labute approximate surface area is 100 Å². The first-order valence-electron chi connectivity index (χ1n) is 5.46. The summed E-state index contributed by atoms with van der Waals surface area (Å²) in [5.41, 5.74) is 6.71. The summed E-state index contributed by atoms with van der Waals surface area (Å²) in [5, 5.41) is 0.703. The number of hydrogen-bond acceptors (Lipinski definition) is 2. The van der Waals surface area contributed by atoms with Crippen molar-refractivity contribution in [3.63, 3.8) is 0 Å². The third-order valence-corrected chi connectivity index (χ3v) is 3.26. The van der Waals surface area contributed by atoms with Crippen molar-refractivity contribution in [2.75, 3.05) is 6.54 Å². The maximum atomic E-state index is 11.8. The van der Waals surface area contributed by atoms with E-state index in [4.69, 9.17) is 17.3 Å². The summed E-state index contributed by atoms with van der Waals surface area (Å²) in [6.07, 6.45) is 1.76. The van der Waals surface area contributed by atoms with Gasteiger partial charge in [-0.05, 0) is 24.5 Å². The van der Waals surface area contributed by atoms with Crippen molar-refractivity contribution in [1.29, 1.82) is 0 Å². The zero-order chi connectivity index (χ0) is 11.5. The number of carbonyl (C=O) groups excluding carboxylic acids is 1. The average Bonchev–Trinajstić information content (AvgIpc) is 2.28. The van der Waals surface area contributed by atoms with Crippen LogP contribution in [0.4, 0.5) is 0 Å². The van der Waals surface area contributed by atoms with Crippen molar-refractivity contribution in [1.82, 2.24) is 4.90 Å². The molecule has 1 aromatic carbocycles. The molecule has 1 heterocycles. The molecule has 1 fully saturated rings. The van der Waals surface area contributed by atoms with E-state index >= 15 is 0 Å². The van der Waals surface area contributed by atoms with E-state index in [-0.39, 0.29) is 11.9 Å². The van der Waals surface area contributed by atoms with E-state index in [2.05, 4.69) is 0 Å². The fourth-order valence-corrected chi connectivity index (χ4v) is 2.15. The highest BCUT2D eigenvalue weighted by atomic mass is 35.5. The number of hydrogen-bond donors (Lipinski definition) is 1. The Balaban J connectivity index is 2.10. The first-order valence-corrected chi connectivity index (χ1v) is 5.84. The van der Waals surface area contributed by atoms with Gasteiger partial charge in [-0.3, -0.25) is 4.79 Å². The molecule has 1 atom stereocenters. The second kappa shape index (κ2) is 4.85. The molecule has 86 valence electrons. The Kier molecular flexibility index (Phi) is 3.46. The zero-order valence-corrected chi connectivity index (χ0v) is 9.78. The van der Waals surface area contributed by atoms with Crippen molar-refractivity contribution < 1.29 is 4.79 Å². The lowest BCUT2D eigenvalue weighted by atomic mass is 10.0. The third-order valence-electron chi connectivity index (χ3n) is 2.89. The molecule has 1 saturated heterocycles. The van der Waals surface area contributed by atoms with Crippen LogP contribution in [0.3, 0.4) is 0 Å². The fourth-order valence-electron chi connectivity index (χ4n) is 1.96. The van der Waals surface area contributed by atoms with Gasteiger partial charge < -0.3 is 10.6 Å². The van der Waals surface area contributed by atoms with Crippen LogP contribution in [-0.2, 0) is 11.3 Å². The van der Waals surface area contributed by atoms with Crippen molar-refractivity contribution in [2.24, 2.45) is 5.73 Å². The maximum Gasteiger partial charge on any atom is 0.239 e. The van der Waals surface area contributed by atoms with E-state index in [1.54, 1.807) is 4.90 Å². The van der Waals surface area contributed by atoms with Gasteiger partial charge in [0.15, 0.2) is 0 Å². The van der Waals surface area contributed by atoms with Crippen LogP contribution in [-0.4, -0.2) is 23.4 Å². The van der Waals surface area contributed by atoms with E-state index in [1.165, 1.54) is 0 Å². The van der Waals surface area contributed by atoms with Gasteiger partial charge >= 0.3 is 0 Å². The van der Waals surface area contributed by atoms with Crippen molar-refractivity contribution in [3.8, 4) is 0 Å². The Morgan fingerprint density at radius 2 is 2.19 bits per heavy atom. The zero-order valence-electron chi connectivity index (χ0n) is 9.03. The molecule has 4 heteroatoms. The average molecular weight is 239 g/mol. The highest BCUT2D eigenvalue weighted by Gasteiger charge is 2.25. The van der Waals surface area contributed by atoms with Gasteiger partial charge in [0.2, 0.25) is 5.91 Å². The fraction of sp³-hybridized carbons (Fsp3) is 0.417. The van der Waals surface area contributed by atoms with E-state index < -0.39 is 0 Å². The van der Waals surface area contributed by atoms with E-state index in [9.17, 15) is 4.79 Å². The molecular weight excluding hydrogens is 224 g/mol. The van der Waals surface area contributed by atoms with Gasteiger partial charge in [-0.25, -0.2) is 0 Å². The van der Waals surface area contributed by atoms with Crippen LogP contribution in [0.5, 0.6) is 0 Å². The molecule has 0 aliphatic carbocycles. The third kappa shape index (κ3) is 2.36.